The molecule has 2 aliphatic carbocycles. The second-order valence-electron chi connectivity index (χ2n) is 7.70. The van der Waals surface area contributed by atoms with Crippen LogP contribution in [-0.4, -0.2) is 35.2 Å². The maximum Gasteiger partial charge on any atom is 0.332 e. The number of amides is 1. The third-order valence-electron chi connectivity index (χ3n) is 6.70. The highest BCUT2D eigenvalue weighted by molar-refractivity contribution is 5.83. The van der Waals surface area contributed by atoms with E-state index < -0.39 is 18.2 Å². The van der Waals surface area contributed by atoms with Crippen LogP contribution < -0.4 is 5.32 Å². The first-order valence-corrected chi connectivity index (χ1v) is 7.94. The lowest BCUT2D eigenvalue weighted by molar-refractivity contribution is -0.152. The SMILES string of the molecule is CC1(C)C2CCC1(C)C(NC(=O)C1CCC(C(=O)O)O1)C2. The molecule has 5 nitrogen and oxygen atoms in total. The van der Waals surface area contributed by atoms with Crippen LogP contribution in [0.1, 0.15) is 52.9 Å². The molecule has 0 radical (unpaired) electrons. The lowest BCUT2D eigenvalue weighted by Gasteiger charge is -2.39. The molecule has 1 amide bonds. The van der Waals surface area contributed by atoms with Crippen molar-refractivity contribution in [1.82, 2.24) is 5.32 Å². The van der Waals surface area contributed by atoms with E-state index in [2.05, 4.69) is 26.1 Å². The first-order valence-electron chi connectivity index (χ1n) is 7.94. The number of nitrogens with one attached hydrogen (secondary N) is 1. The van der Waals surface area contributed by atoms with Crippen molar-refractivity contribution in [1.29, 1.82) is 0 Å². The summed E-state index contributed by atoms with van der Waals surface area (Å²) in [5.74, 6) is -0.435. The zero-order chi connectivity index (χ0) is 15.4. The molecule has 0 spiro atoms. The van der Waals surface area contributed by atoms with E-state index in [0.717, 1.165) is 12.8 Å². The predicted molar refractivity (Wildman–Crippen MR) is 76.7 cm³/mol. The number of carbonyl (C=O) groups excluding carboxylic acids is 1. The van der Waals surface area contributed by atoms with Crippen molar-refractivity contribution in [2.45, 2.75) is 71.1 Å². The molecule has 3 aliphatic rings. The fourth-order valence-corrected chi connectivity index (χ4v) is 4.70. The number of aliphatic carboxylic acids is 1. The van der Waals surface area contributed by atoms with Gasteiger partial charge >= 0.3 is 5.97 Å². The van der Waals surface area contributed by atoms with E-state index in [4.69, 9.17) is 9.84 Å². The number of carbonyl (C=O) groups is 2. The molecular weight excluding hydrogens is 270 g/mol. The van der Waals surface area contributed by atoms with Gasteiger partial charge in [0, 0.05) is 6.04 Å². The Labute approximate surface area is 125 Å². The van der Waals surface area contributed by atoms with Gasteiger partial charge in [-0.25, -0.2) is 4.79 Å². The minimum Gasteiger partial charge on any atom is -0.479 e. The molecule has 5 heteroatoms. The number of hydrogen-bond acceptors (Lipinski definition) is 3. The van der Waals surface area contributed by atoms with E-state index in [1.54, 1.807) is 0 Å². The second kappa shape index (κ2) is 4.70. The number of hydrogen-bond donors (Lipinski definition) is 2. The van der Waals surface area contributed by atoms with Gasteiger partial charge in [0.1, 0.15) is 6.10 Å². The molecule has 0 aromatic rings. The largest absolute Gasteiger partial charge is 0.479 e. The molecule has 0 aromatic heterocycles. The normalized spacial score (nSPS) is 44.0. The summed E-state index contributed by atoms with van der Waals surface area (Å²) < 4.78 is 5.35. The van der Waals surface area contributed by atoms with Crippen LogP contribution >= 0.6 is 0 Å². The van der Waals surface area contributed by atoms with Gasteiger partial charge in [0.15, 0.2) is 6.10 Å². The van der Waals surface area contributed by atoms with Crippen molar-refractivity contribution in [2.24, 2.45) is 16.7 Å². The van der Waals surface area contributed by atoms with Crippen molar-refractivity contribution in [3.05, 3.63) is 0 Å². The topological polar surface area (TPSA) is 75.6 Å². The summed E-state index contributed by atoms with van der Waals surface area (Å²) in [4.78, 5) is 23.3. The highest BCUT2D eigenvalue weighted by Crippen LogP contribution is 2.65. The number of carboxylic acids is 1. The molecule has 1 aliphatic heterocycles. The first kappa shape index (κ1) is 14.8. The van der Waals surface area contributed by atoms with E-state index in [-0.39, 0.29) is 22.8 Å². The van der Waals surface area contributed by atoms with Crippen LogP contribution in [0, 0.1) is 16.7 Å². The highest BCUT2D eigenvalue weighted by atomic mass is 16.5. The average Bonchev–Trinajstić information content (AvgIpc) is 3.02. The summed E-state index contributed by atoms with van der Waals surface area (Å²) in [5, 5.41) is 12.1. The summed E-state index contributed by atoms with van der Waals surface area (Å²) in [6.07, 6.45) is 2.92. The molecule has 2 saturated carbocycles. The van der Waals surface area contributed by atoms with Crippen LogP contribution in [0.5, 0.6) is 0 Å². The van der Waals surface area contributed by atoms with Gasteiger partial charge in [-0.3, -0.25) is 4.79 Å². The molecule has 3 rings (SSSR count). The zero-order valence-corrected chi connectivity index (χ0v) is 13.0. The Morgan fingerprint density at radius 1 is 1.14 bits per heavy atom. The lowest BCUT2D eigenvalue weighted by Crippen LogP contribution is -2.49. The zero-order valence-electron chi connectivity index (χ0n) is 13.0. The van der Waals surface area contributed by atoms with Gasteiger partial charge in [0.05, 0.1) is 0 Å². The Balaban J connectivity index is 1.64. The maximum absolute atomic E-state index is 12.4. The van der Waals surface area contributed by atoms with Crippen LogP contribution in [0.3, 0.4) is 0 Å². The Hall–Kier alpha value is -1.10. The van der Waals surface area contributed by atoms with Gasteiger partial charge in [-0.05, 0) is 48.9 Å². The van der Waals surface area contributed by atoms with Gasteiger partial charge < -0.3 is 15.2 Å². The molecule has 2 N–H and O–H groups in total. The van der Waals surface area contributed by atoms with Gasteiger partial charge in [-0.2, -0.15) is 0 Å². The van der Waals surface area contributed by atoms with Crippen molar-refractivity contribution in [3.8, 4) is 0 Å². The van der Waals surface area contributed by atoms with Gasteiger partial charge in [0.2, 0.25) is 5.91 Å². The summed E-state index contributed by atoms with van der Waals surface area (Å²) in [7, 11) is 0. The van der Waals surface area contributed by atoms with Crippen LogP contribution in [0.2, 0.25) is 0 Å². The summed E-state index contributed by atoms with van der Waals surface area (Å²) in [6.45, 7) is 6.90. The van der Waals surface area contributed by atoms with Crippen molar-refractivity contribution in [3.63, 3.8) is 0 Å². The lowest BCUT2D eigenvalue weighted by atomic mass is 9.69. The summed E-state index contributed by atoms with van der Waals surface area (Å²) in [6, 6.07) is 0.186. The minimum absolute atomic E-state index is 0.131. The molecule has 0 aromatic carbocycles. The highest BCUT2D eigenvalue weighted by Gasteiger charge is 2.61. The second-order valence-corrected chi connectivity index (χ2v) is 7.70. The van der Waals surface area contributed by atoms with Crippen LogP contribution in [0.4, 0.5) is 0 Å². The van der Waals surface area contributed by atoms with E-state index in [1.807, 2.05) is 0 Å². The van der Waals surface area contributed by atoms with Crippen LogP contribution in [-0.2, 0) is 14.3 Å². The number of ether oxygens (including phenoxy) is 1. The molecule has 21 heavy (non-hydrogen) atoms. The molecule has 3 fully saturated rings. The molecule has 5 atom stereocenters. The van der Waals surface area contributed by atoms with Gasteiger partial charge in [-0.1, -0.05) is 20.8 Å². The third kappa shape index (κ3) is 2.08. The van der Waals surface area contributed by atoms with Crippen molar-refractivity contribution in [2.75, 3.05) is 0 Å². The average molecular weight is 295 g/mol. The molecule has 5 unspecified atom stereocenters. The molecule has 2 bridgehead atoms. The maximum atomic E-state index is 12.4. The molecular formula is C16H25NO4. The monoisotopic (exact) mass is 295 g/mol. The Bertz CT molecular complexity index is 475. The quantitative estimate of drug-likeness (QED) is 0.834. The molecule has 1 saturated heterocycles. The standard InChI is InChI=1S/C16H25NO4/c1-15(2)9-6-7-16(15,3)12(8-9)17-13(18)10-4-5-11(21-10)14(19)20/h9-12H,4-8H2,1-3H3,(H,17,18)(H,19,20). The number of fused-ring (bicyclic) bond motifs is 2. The van der Waals surface area contributed by atoms with E-state index in [0.29, 0.717) is 18.8 Å². The fourth-order valence-electron chi connectivity index (χ4n) is 4.70. The predicted octanol–water partition coefficient (Wildman–Crippen LogP) is 1.95. The smallest absolute Gasteiger partial charge is 0.332 e. The third-order valence-corrected chi connectivity index (χ3v) is 6.70. The van der Waals surface area contributed by atoms with E-state index in [9.17, 15) is 9.59 Å². The first-order chi connectivity index (χ1) is 9.75. The fraction of sp³-hybridized carbons (Fsp3) is 0.875. The van der Waals surface area contributed by atoms with Crippen molar-refractivity contribution >= 4 is 11.9 Å². The Kier molecular flexibility index (Phi) is 3.32. The van der Waals surface area contributed by atoms with Crippen LogP contribution in [0.25, 0.3) is 0 Å². The van der Waals surface area contributed by atoms with Crippen LogP contribution in [0.15, 0.2) is 0 Å². The number of carboxylic acid groups (broad SMARTS) is 1. The van der Waals surface area contributed by atoms with Gasteiger partial charge in [0.25, 0.3) is 0 Å². The molecule has 1 heterocycles. The Morgan fingerprint density at radius 2 is 1.81 bits per heavy atom. The van der Waals surface area contributed by atoms with E-state index >= 15 is 0 Å². The minimum atomic E-state index is -0.974. The Morgan fingerprint density at radius 3 is 2.29 bits per heavy atom. The van der Waals surface area contributed by atoms with Gasteiger partial charge in [-0.15, -0.1) is 0 Å². The summed E-state index contributed by atoms with van der Waals surface area (Å²) >= 11 is 0. The van der Waals surface area contributed by atoms with E-state index in [1.165, 1.54) is 6.42 Å². The number of rotatable bonds is 3. The summed E-state index contributed by atoms with van der Waals surface area (Å²) in [5.41, 5.74) is 0.392. The van der Waals surface area contributed by atoms with Crippen molar-refractivity contribution < 1.29 is 19.4 Å². The molecule has 118 valence electrons.